The molecular formula is C16H10Cl2N2O. The second-order valence-electron chi connectivity index (χ2n) is 4.43. The third kappa shape index (κ3) is 2.84. The quantitative estimate of drug-likeness (QED) is 0.710. The predicted octanol–water partition coefficient (Wildman–Crippen LogP) is 4.21. The van der Waals surface area contributed by atoms with Gasteiger partial charge in [0.15, 0.2) is 0 Å². The number of rotatable bonds is 2. The summed E-state index contributed by atoms with van der Waals surface area (Å²) in [6.45, 7) is 0. The highest BCUT2D eigenvalue weighted by atomic mass is 35.5. The van der Waals surface area contributed by atoms with Crippen molar-refractivity contribution >= 4 is 23.2 Å². The number of hydrogen-bond acceptors (Lipinski definition) is 2. The van der Waals surface area contributed by atoms with E-state index in [1.165, 1.54) is 10.7 Å². The van der Waals surface area contributed by atoms with Gasteiger partial charge >= 0.3 is 0 Å². The molecule has 2 aromatic carbocycles. The molecule has 5 heteroatoms. The van der Waals surface area contributed by atoms with Gasteiger partial charge in [-0.1, -0.05) is 47.5 Å². The molecular weight excluding hydrogens is 307 g/mol. The van der Waals surface area contributed by atoms with E-state index >= 15 is 0 Å². The summed E-state index contributed by atoms with van der Waals surface area (Å²) in [5.74, 6) is 0. The smallest absolute Gasteiger partial charge is 0.267 e. The molecule has 0 aliphatic heterocycles. The van der Waals surface area contributed by atoms with Gasteiger partial charge in [0, 0.05) is 16.7 Å². The van der Waals surface area contributed by atoms with Crippen LogP contribution in [0.15, 0.2) is 65.5 Å². The van der Waals surface area contributed by atoms with Crippen molar-refractivity contribution in [1.82, 2.24) is 9.78 Å². The molecule has 0 bridgehead atoms. The summed E-state index contributed by atoms with van der Waals surface area (Å²) in [5.41, 5.74) is 1.79. The minimum absolute atomic E-state index is 0.242. The fourth-order valence-corrected chi connectivity index (χ4v) is 2.42. The maximum absolute atomic E-state index is 12.0. The Morgan fingerprint density at radius 2 is 1.71 bits per heavy atom. The van der Waals surface area contributed by atoms with Crippen molar-refractivity contribution in [3.05, 3.63) is 81.1 Å². The number of benzene rings is 2. The Kier molecular flexibility index (Phi) is 3.78. The van der Waals surface area contributed by atoms with Gasteiger partial charge in [-0.25, -0.2) is 0 Å². The number of nitrogens with zero attached hydrogens (tertiary/aromatic N) is 2. The van der Waals surface area contributed by atoms with E-state index in [1.54, 1.807) is 42.5 Å². The van der Waals surface area contributed by atoms with Crippen LogP contribution in [0.1, 0.15) is 0 Å². The van der Waals surface area contributed by atoms with Crippen molar-refractivity contribution in [2.24, 2.45) is 0 Å². The molecule has 0 atom stereocenters. The van der Waals surface area contributed by atoms with Crippen LogP contribution in [0.2, 0.25) is 10.0 Å². The summed E-state index contributed by atoms with van der Waals surface area (Å²) in [5, 5.41) is 5.46. The van der Waals surface area contributed by atoms with Crippen LogP contribution in [-0.2, 0) is 0 Å². The zero-order chi connectivity index (χ0) is 14.8. The Morgan fingerprint density at radius 1 is 0.905 bits per heavy atom. The van der Waals surface area contributed by atoms with Gasteiger partial charge in [0.05, 0.1) is 16.4 Å². The molecule has 0 radical (unpaired) electrons. The fraction of sp³-hybridized carbons (Fsp3) is 0. The summed E-state index contributed by atoms with van der Waals surface area (Å²) in [6, 6.07) is 17.5. The Hall–Kier alpha value is -2.10. The van der Waals surface area contributed by atoms with E-state index in [-0.39, 0.29) is 5.56 Å². The first-order valence-corrected chi connectivity index (χ1v) is 7.02. The van der Waals surface area contributed by atoms with Gasteiger partial charge in [-0.15, -0.1) is 0 Å². The third-order valence-corrected chi connectivity index (χ3v) is 3.56. The summed E-state index contributed by atoms with van der Waals surface area (Å²) in [6.07, 6.45) is 0. The number of aromatic nitrogens is 2. The van der Waals surface area contributed by atoms with Crippen molar-refractivity contribution in [1.29, 1.82) is 0 Å². The second kappa shape index (κ2) is 5.72. The van der Waals surface area contributed by atoms with E-state index in [1.807, 2.05) is 12.1 Å². The highest BCUT2D eigenvalue weighted by molar-refractivity contribution is 6.32. The molecule has 0 aliphatic rings. The molecule has 0 N–H and O–H groups in total. The molecule has 1 heterocycles. The SMILES string of the molecule is O=c1ccc(-c2cccc(Cl)c2)nn1-c1ccccc1Cl. The number of hydrogen-bond donors (Lipinski definition) is 0. The van der Waals surface area contributed by atoms with Crippen LogP contribution in [0.25, 0.3) is 16.9 Å². The van der Waals surface area contributed by atoms with Gasteiger partial charge in [0.25, 0.3) is 5.56 Å². The highest BCUT2D eigenvalue weighted by Gasteiger charge is 2.08. The molecule has 0 saturated carbocycles. The van der Waals surface area contributed by atoms with E-state index in [0.717, 1.165) is 5.56 Å². The van der Waals surface area contributed by atoms with Gasteiger partial charge < -0.3 is 0 Å². The first-order chi connectivity index (χ1) is 10.1. The molecule has 1 aromatic heterocycles. The molecule has 3 nitrogen and oxygen atoms in total. The van der Waals surface area contributed by atoms with Crippen LogP contribution in [0.4, 0.5) is 0 Å². The lowest BCUT2D eigenvalue weighted by Gasteiger charge is -2.08. The topological polar surface area (TPSA) is 34.9 Å². The highest BCUT2D eigenvalue weighted by Crippen LogP contribution is 2.22. The summed E-state index contributed by atoms with van der Waals surface area (Å²) < 4.78 is 1.29. The van der Waals surface area contributed by atoms with Crippen molar-refractivity contribution < 1.29 is 0 Å². The Balaban J connectivity index is 2.18. The van der Waals surface area contributed by atoms with Gasteiger partial charge in [0.1, 0.15) is 0 Å². The third-order valence-electron chi connectivity index (χ3n) is 3.00. The lowest BCUT2D eigenvalue weighted by atomic mass is 10.1. The van der Waals surface area contributed by atoms with Crippen LogP contribution >= 0.6 is 23.2 Å². The summed E-state index contributed by atoms with van der Waals surface area (Å²) in [7, 11) is 0. The Labute approximate surface area is 131 Å². The first-order valence-electron chi connectivity index (χ1n) is 6.26. The molecule has 21 heavy (non-hydrogen) atoms. The second-order valence-corrected chi connectivity index (χ2v) is 5.27. The van der Waals surface area contributed by atoms with E-state index in [4.69, 9.17) is 23.2 Å². The minimum Gasteiger partial charge on any atom is -0.267 e. The number of halogens is 2. The lowest BCUT2D eigenvalue weighted by molar-refractivity contribution is 0.813. The molecule has 0 spiro atoms. The van der Waals surface area contributed by atoms with Crippen molar-refractivity contribution in [3.63, 3.8) is 0 Å². The van der Waals surface area contributed by atoms with Crippen LogP contribution in [0.5, 0.6) is 0 Å². The van der Waals surface area contributed by atoms with Crippen molar-refractivity contribution in [2.45, 2.75) is 0 Å². The predicted molar refractivity (Wildman–Crippen MR) is 85.3 cm³/mol. The average molecular weight is 317 g/mol. The molecule has 104 valence electrons. The zero-order valence-electron chi connectivity index (χ0n) is 10.8. The Bertz CT molecular complexity index is 859. The largest absolute Gasteiger partial charge is 0.271 e. The normalized spacial score (nSPS) is 10.6. The number of para-hydroxylation sites is 1. The Morgan fingerprint density at radius 3 is 2.48 bits per heavy atom. The standard InChI is InChI=1S/C16H10Cl2N2O/c17-12-5-3-4-11(10-12)14-8-9-16(21)20(19-14)15-7-2-1-6-13(15)18/h1-10H. The van der Waals surface area contributed by atoms with Gasteiger partial charge in [-0.3, -0.25) is 4.79 Å². The van der Waals surface area contributed by atoms with E-state index in [0.29, 0.717) is 21.4 Å². The van der Waals surface area contributed by atoms with E-state index < -0.39 is 0 Å². The molecule has 0 aliphatic carbocycles. The molecule has 3 aromatic rings. The van der Waals surface area contributed by atoms with E-state index in [9.17, 15) is 4.79 Å². The molecule has 0 amide bonds. The molecule has 0 fully saturated rings. The van der Waals surface area contributed by atoms with E-state index in [2.05, 4.69) is 5.10 Å². The van der Waals surface area contributed by atoms with Gasteiger partial charge in [-0.05, 0) is 30.3 Å². The maximum atomic E-state index is 12.0. The summed E-state index contributed by atoms with van der Waals surface area (Å²) >= 11 is 12.1. The maximum Gasteiger partial charge on any atom is 0.271 e. The molecule has 0 unspecified atom stereocenters. The average Bonchev–Trinajstić information content (AvgIpc) is 2.49. The van der Waals surface area contributed by atoms with Crippen LogP contribution < -0.4 is 5.56 Å². The fourth-order valence-electron chi connectivity index (χ4n) is 2.01. The van der Waals surface area contributed by atoms with Crippen molar-refractivity contribution in [3.8, 4) is 16.9 Å². The first kappa shape index (κ1) is 13.9. The monoisotopic (exact) mass is 316 g/mol. The van der Waals surface area contributed by atoms with Gasteiger partial charge in [0.2, 0.25) is 0 Å². The van der Waals surface area contributed by atoms with Gasteiger partial charge in [-0.2, -0.15) is 9.78 Å². The van der Waals surface area contributed by atoms with Crippen LogP contribution in [0, 0.1) is 0 Å². The molecule has 3 rings (SSSR count). The lowest BCUT2D eigenvalue weighted by Crippen LogP contribution is -2.20. The van der Waals surface area contributed by atoms with Crippen LogP contribution in [-0.4, -0.2) is 9.78 Å². The minimum atomic E-state index is -0.242. The van der Waals surface area contributed by atoms with Crippen molar-refractivity contribution in [2.75, 3.05) is 0 Å². The zero-order valence-corrected chi connectivity index (χ0v) is 12.3. The molecule has 0 saturated heterocycles. The van der Waals surface area contributed by atoms with Crippen LogP contribution in [0.3, 0.4) is 0 Å². The summed E-state index contributed by atoms with van der Waals surface area (Å²) in [4.78, 5) is 12.0.